The van der Waals surface area contributed by atoms with E-state index in [-0.39, 0.29) is 0 Å². The summed E-state index contributed by atoms with van der Waals surface area (Å²) in [7, 11) is 1.65. The largest absolute Gasteiger partial charge is 0.497 e. The highest BCUT2D eigenvalue weighted by Gasteiger charge is 2.15. The third kappa shape index (κ3) is 2.28. The molecule has 0 fully saturated rings. The molecule has 0 spiro atoms. The Balaban J connectivity index is 2.19. The van der Waals surface area contributed by atoms with E-state index in [9.17, 15) is 0 Å². The van der Waals surface area contributed by atoms with Gasteiger partial charge in [0.25, 0.3) is 0 Å². The second kappa shape index (κ2) is 5.17. The van der Waals surface area contributed by atoms with Crippen molar-refractivity contribution in [3.05, 3.63) is 59.7 Å². The Morgan fingerprint density at radius 3 is 2.65 bits per heavy atom. The van der Waals surface area contributed by atoms with Crippen molar-refractivity contribution in [3.63, 3.8) is 0 Å². The average molecular weight is 265 g/mol. The van der Waals surface area contributed by atoms with Gasteiger partial charge in [-0.25, -0.2) is 4.99 Å². The summed E-state index contributed by atoms with van der Waals surface area (Å²) in [5.74, 6) is 1.30. The van der Waals surface area contributed by atoms with Gasteiger partial charge < -0.3 is 10.5 Å². The van der Waals surface area contributed by atoms with E-state index in [4.69, 9.17) is 10.5 Å². The van der Waals surface area contributed by atoms with Gasteiger partial charge in [0.05, 0.1) is 25.1 Å². The molecule has 0 aliphatic carbocycles. The summed E-state index contributed by atoms with van der Waals surface area (Å²) in [5.41, 5.74) is 9.58. The van der Waals surface area contributed by atoms with Crippen LogP contribution in [0.3, 0.4) is 0 Å². The molecule has 1 heterocycles. The molecule has 20 heavy (non-hydrogen) atoms. The van der Waals surface area contributed by atoms with E-state index >= 15 is 0 Å². The smallest absolute Gasteiger partial charge is 0.121 e. The zero-order valence-electron chi connectivity index (χ0n) is 11.2. The molecule has 0 amide bonds. The molecule has 1 aliphatic rings. The number of amidine groups is 1. The van der Waals surface area contributed by atoms with Crippen molar-refractivity contribution in [1.82, 2.24) is 0 Å². The van der Waals surface area contributed by atoms with E-state index in [2.05, 4.69) is 9.98 Å². The Morgan fingerprint density at radius 1 is 1.10 bits per heavy atom. The van der Waals surface area contributed by atoms with Crippen LogP contribution >= 0.6 is 0 Å². The van der Waals surface area contributed by atoms with Crippen molar-refractivity contribution in [1.29, 1.82) is 0 Å². The van der Waals surface area contributed by atoms with Gasteiger partial charge in [-0.3, -0.25) is 4.99 Å². The first-order valence-electron chi connectivity index (χ1n) is 6.39. The zero-order valence-corrected chi connectivity index (χ0v) is 11.2. The maximum Gasteiger partial charge on any atom is 0.121 e. The van der Waals surface area contributed by atoms with Gasteiger partial charge in [-0.2, -0.15) is 0 Å². The first-order valence-corrected chi connectivity index (χ1v) is 6.39. The fraction of sp³-hybridized carbons (Fsp3) is 0.125. The summed E-state index contributed by atoms with van der Waals surface area (Å²) < 4.78 is 5.30. The number of aliphatic imine (C=N–C) groups is 2. The lowest BCUT2D eigenvalue weighted by Gasteiger charge is -2.10. The van der Waals surface area contributed by atoms with Crippen LogP contribution in [0, 0.1) is 0 Å². The van der Waals surface area contributed by atoms with Crippen molar-refractivity contribution in [3.8, 4) is 5.75 Å². The van der Waals surface area contributed by atoms with Gasteiger partial charge in [0.15, 0.2) is 0 Å². The van der Waals surface area contributed by atoms with Crippen molar-refractivity contribution in [2.45, 2.75) is 0 Å². The molecule has 0 aromatic heterocycles. The summed E-state index contributed by atoms with van der Waals surface area (Å²) >= 11 is 0. The number of ether oxygens (including phenoxy) is 1. The third-order valence-electron chi connectivity index (χ3n) is 3.17. The second-order valence-corrected chi connectivity index (χ2v) is 4.52. The maximum absolute atomic E-state index is 5.87. The Morgan fingerprint density at radius 2 is 1.90 bits per heavy atom. The minimum atomic E-state index is 0.404. The average Bonchev–Trinajstić information content (AvgIpc) is 2.65. The molecule has 2 N–H and O–H groups in total. The highest BCUT2D eigenvalue weighted by atomic mass is 16.5. The second-order valence-electron chi connectivity index (χ2n) is 4.52. The van der Waals surface area contributed by atoms with E-state index in [1.54, 1.807) is 7.11 Å². The lowest BCUT2D eigenvalue weighted by Crippen LogP contribution is -2.14. The molecule has 0 atom stereocenters. The van der Waals surface area contributed by atoms with E-state index in [0.717, 1.165) is 28.3 Å². The molecule has 0 saturated carbocycles. The van der Waals surface area contributed by atoms with E-state index in [1.165, 1.54) is 0 Å². The number of nitrogens with zero attached hydrogens (tertiary/aromatic N) is 2. The molecule has 3 rings (SSSR count). The van der Waals surface area contributed by atoms with Crippen LogP contribution in [0.15, 0.2) is 58.5 Å². The molecule has 2 aromatic carbocycles. The van der Waals surface area contributed by atoms with Crippen molar-refractivity contribution in [2.75, 3.05) is 13.7 Å². The molecule has 4 nitrogen and oxygen atoms in total. The van der Waals surface area contributed by atoms with Crippen LogP contribution in [-0.4, -0.2) is 25.2 Å². The minimum absolute atomic E-state index is 0.404. The van der Waals surface area contributed by atoms with Crippen molar-refractivity contribution >= 4 is 17.2 Å². The topological polar surface area (TPSA) is 60.0 Å². The number of benzene rings is 2. The molecule has 0 saturated heterocycles. The summed E-state index contributed by atoms with van der Waals surface area (Å²) in [6.45, 7) is 0.404. The molecule has 0 unspecified atom stereocenters. The molecule has 0 radical (unpaired) electrons. The molecule has 2 aromatic rings. The predicted octanol–water partition coefficient (Wildman–Crippen LogP) is 2.53. The van der Waals surface area contributed by atoms with Crippen LogP contribution in [0.4, 0.5) is 5.69 Å². The Bertz CT molecular complexity index is 690. The van der Waals surface area contributed by atoms with Gasteiger partial charge in [-0.15, -0.1) is 0 Å². The van der Waals surface area contributed by atoms with Gasteiger partial charge >= 0.3 is 0 Å². The van der Waals surface area contributed by atoms with E-state index in [1.807, 2.05) is 48.5 Å². The Kier molecular flexibility index (Phi) is 3.21. The summed E-state index contributed by atoms with van der Waals surface area (Å²) in [4.78, 5) is 9.01. The van der Waals surface area contributed by atoms with Crippen LogP contribution in [0.1, 0.15) is 11.1 Å². The number of rotatable bonds is 2. The minimum Gasteiger partial charge on any atom is -0.497 e. The number of nitrogens with two attached hydrogens (primary N) is 1. The lowest BCUT2D eigenvalue weighted by molar-refractivity contribution is 0.415. The fourth-order valence-electron chi connectivity index (χ4n) is 2.21. The van der Waals surface area contributed by atoms with E-state index < -0.39 is 0 Å². The summed E-state index contributed by atoms with van der Waals surface area (Å²) in [5, 5.41) is 0. The van der Waals surface area contributed by atoms with Gasteiger partial charge in [0.1, 0.15) is 11.6 Å². The lowest BCUT2D eigenvalue weighted by atomic mass is 10.0. The quantitative estimate of drug-likeness (QED) is 0.907. The number of methoxy groups -OCH3 is 1. The summed E-state index contributed by atoms with van der Waals surface area (Å²) in [6, 6.07) is 15.8. The van der Waals surface area contributed by atoms with Gasteiger partial charge in [-0.05, 0) is 18.2 Å². The SMILES string of the molecule is COc1ccc2c(c1)C(c1ccccc1)=NCC(N)=N2. The molecule has 100 valence electrons. The normalized spacial score (nSPS) is 13.8. The van der Waals surface area contributed by atoms with Gasteiger partial charge in [-0.1, -0.05) is 30.3 Å². The molecule has 1 aliphatic heterocycles. The van der Waals surface area contributed by atoms with E-state index in [0.29, 0.717) is 12.4 Å². The zero-order chi connectivity index (χ0) is 13.9. The van der Waals surface area contributed by atoms with Crippen LogP contribution in [0.25, 0.3) is 0 Å². The first kappa shape index (κ1) is 12.4. The molecule has 0 bridgehead atoms. The number of hydrogen-bond donors (Lipinski definition) is 1. The third-order valence-corrected chi connectivity index (χ3v) is 3.17. The monoisotopic (exact) mass is 265 g/mol. The molecular weight excluding hydrogens is 250 g/mol. The Labute approximate surface area is 117 Å². The highest BCUT2D eigenvalue weighted by molar-refractivity contribution is 6.17. The predicted molar refractivity (Wildman–Crippen MR) is 81.2 cm³/mol. The molecular formula is C16H15N3O. The van der Waals surface area contributed by atoms with Crippen LogP contribution in [0.5, 0.6) is 5.75 Å². The number of hydrogen-bond acceptors (Lipinski definition) is 4. The van der Waals surface area contributed by atoms with Gasteiger partial charge in [0.2, 0.25) is 0 Å². The van der Waals surface area contributed by atoms with Crippen LogP contribution in [-0.2, 0) is 0 Å². The number of fused-ring (bicyclic) bond motifs is 1. The van der Waals surface area contributed by atoms with Crippen molar-refractivity contribution < 1.29 is 4.74 Å². The fourth-order valence-corrected chi connectivity index (χ4v) is 2.21. The standard InChI is InChI=1S/C16H15N3O/c1-20-12-7-8-14-13(9-12)16(18-10-15(17)19-14)11-5-3-2-4-6-11/h2-9H,10H2,1H3,(H2,17,19). The summed E-state index contributed by atoms with van der Waals surface area (Å²) in [6.07, 6.45) is 0. The van der Waals surface area contributed by atoms with Crippen LogP contribution in [0.2, 0.25) is 0 Å². The van der Waals surface area contributed by atoms with Crippen molar-refractivity contribution in [2.24, 2.45) is 15.7 Å². The van der Waals surface area contributed by atoms with Crippen LogP contribution < -0.4 is 10.5 Å². The molecule has 4 heteroatoms. The Hall–Kier alpha value is -2.62. The first-order chi connectivity index (χ1) is 9.78. The maximum atomic E-state index is 5.87. The van der Waals surface area contributed by atoms with Gasteiger partial charge in [0, 0.05) is 11.1 Å². The highest BCUT2D eigenvalue weighted by Crippen LogP contribution is 2.28.